The van der Waals surface area contributed by atoms with Gasteiger partial charge in [-0.25, -0.2) is 4.79 Å². The minimum Gasteiger partial charge on any atom is -0.359 e. The molecule has 5 heteroatoms. The summed E-state index contributed by atoms with van der Waals surface area (Å²) in [7, 11) is 0. The van der Waals surface area contributed by atoms with Crippen molar-refractivity contribution in [1.82, 2.24) is 10.3 Å². The number of H-pyrrole nitrogens is 1. The van der Waals surface area contributed by atoms with E-state index in [2.05, 4.69) is 15.6 Å². The molecular weight excluding hydrogens is 234 g/mol. The maximum absolute atomic E-state index is 11.6. The summed E-state index contributed by atoms with van der Waals surface area (Å²) in [6, 6.07) is 12.4. The van der Waals surface area contributed by atoms with E-state index in [0.717, 1.165) is 5.69 Å². The number of nitrogens with one attached hydrogen (secondary N) is 3. The molecule has 3 N–H and O–H groups in total. The lowest BCUT2D eigenvalue weighted by atomic mass is 10.3. The highest BCUT2D eigenvalue weighted by Gasteiger charge is 2.06. The van der Waals surface area contributed by atoms with Crippen molar-refractivity contribution in [2.45, 2.75) is 0 Å². The van der Waals surface area contributed by atoms with Crippen LogP contribution in [0, 0.1) is 0 Å². The summed E-state index contributed by atoms with van der Waals surface area (Å²) in [6.45, 7) is 0. The molecule has 0 unspecified atom stereocenters. The van der Waals surface area contributed by atoms with Crippen molar-refractivity contribution in [2.24, 2.45) is 0 Å². The van der Waals surface area contributed by atoms with Gasteiger partial charge in [0.1, 0.15) is 4.99 Å². The van der Waals surface area contributed by atoms with Crippen LogP contribution in [0.3, 0.4) is 0 Å². The van der Waals surface area contributed by atoms with Crippen LogP contribution in [0.2, 0.25) is 0 Å². The van der Waals surface area contributed by atoms with E-state index in [9.17, 15) is 4.79 Å². The number of benzene rings is 1. The zero-order valence-electron chi connectivity index (χ0n) is 8.94. The number of aromatic nitrogens is 1. The van der Waals surface area contributed by atoms with Gasteiger partial charge in [-0.2, -0.15) is 0 Å². The number of hydrogen-bond acceptors (Lipinski definition) is 2. The van der Waals surface area contributed by atoms with Crippen LogP contribution in [-0.4, -0.2) is 16.0 Å². The minimum absolute atomic E-state index is 0.351. The van der Waals surface area contributed by atoms with E-state index in [-0.39, 0.29) is 6.03 Å². The molecule has 2 amide bonds. The zero-order chi connectivity index (χ0) is 12.1. The second-order valence-corrected chi connectivity index (χ2v) is 3.77. The lowest BCUT2D eigenvalue weighted by Crippen LogP contribution is -2.33. The molecule has 0 spiro atoms. The van der Waals surface area contributed by atoms with E-state index >= 15 is 0 Å². The third kappa shape index (κ3) is 3.15. The molecule has 0 fully saturated rings. The van der Waals surface area contributed by atoms with Crippen LogP contribution in [0.25, 0.3) is 0 Å². The fourth-order valence-electron chi connectivity index (χ4n) is 1.33. The van der Waals surface area contributed by atoms with Gasteiger partial charge in [0.2, 0.25) is 0 Å². The van der Waals surface area contributed by atoms with Gasteiger partial charge in [-0.3, -0.25) is 5.32 Å². The fraction of sp³-hybridized carbons (Fsp3) is 0. The molecule has 0 bridgehead atoms. The van der Waals surface area contributed by atoms with E-state index < -0.39 is 0 Å². The Labute approximate surface area is 104 Å². The molecular formula is C12H11N3OS. The molecule has 0 aliphatic carbocycles. The van der Waals surface area contributed by atoms with Gasteiger partial charge in [0, 0.05) is 11.9 Å². The number of carbonyl (C=O) groups excluding carboxylic acids is 1. The monoisotopic (exact) mass is 245 g/mol. The van der Waals surface area contributed by atoms with E-state index in [1.807, 2.05) is 24.3 Å². The molecule has 1 heterocycles. The van der Waals surface area contributed by atoms with Crippen LogP contribution in [0.15, 0.2) is 48.7 Å². The van der Waals surface area contributed by atoms with Crippen LogP contribution in [-0.2, 0) is 0 Å². The first-order valence-corrected chi connectivity index (χ1v) is 5.47. The van der Waals surface area contributed by atoms with Crippen LogP contribution in [0.4, 0.5) is 10.5 Å². The van der Waals surface area contributed by atoms with Crippen LogP contribution < -0.4 is 10.6 Å². The van der Waals surface area contributed by atoms with Gasteiger partial charge in [0.25, 0.3) is 0 Å². The Kier molecular flexibility index (Phi) is 3.52. The summed E-state index contributed by atoms with van der Waals surface area (Å²) in [5.41, 5.74) is 1.43. The number of aromatic amines is 1. The topological polar surface area (TPSA) is 56.9 Å². The second-order valence-electron chi connectivity index (χ2n) is 3.36. The van der Waals surface area contributed by atoms with Crippen molar-refractivity contribution in [3.8, 4) is 0 Å². The summed E-state index contributed by atoms with van der Waals surface area (Å²) in [5.74, 6) is 0. The first-order valence-electron chi connectivity index (χ1n) is 5.06. The van der Waals surface area contributed by atoms with Gasteiger partial charge < -0.3 is 10.3 Å². The molecule has 0 saturated carbocycles. The summed E-state index contributed by atoms with van der Waals surface area (Å²) in [6.07, 6.45) is 1.75. The van der Waals surface area contributed by atoms with Crippen molar-refractivity contribution in [3.05, 3.63) is 54.4 Å². The number of rotatable bonds is 2. The number of urea groups is 1. The standard InChI is InChI=1S/C12H11N3OS/c16-12(14-9-5-2-1-3-6-9)15-11(17)10-7-4-8-13-10/h1-8,13H,(H2,14,15,16,17). The van der Waals surface area contributed by atoms with Crippen molar-refractivity contribution < 1.29 is 4.79 Å². The summed E-state index contributed by atoms with van der Waals surface area (Å²) in [4.78, 5) is 14.9. The molecule has 1 aromatic carbocycles. The second kappa shape index (κ2) is 5.27. The van der Waals surface area contributed by atoms with Crippen molar-refractivity contribution in [2.75, 3.05) is 5.32 Å². The quantitative estimate of drug-likeness (QED) is 0.712. The maximum atomic E-state index is 11.6. The fourth-order valence-corrected chi connectivity index (χ4v) is 1.55. The number of carbonyl (C=O) groups is 1. The molecule has 0 atom stereocenters. The van der Waals surface area contributed by atoms with E-state index in [0.29, 0.717) is 10.7 Å². The number of thiocarbonyl (C=S) groups is 1. The third-order valence-electron chi connectivity index (χ3n) is 2.10. The summed E-state index contributed by atoms with van der Waals surface area (Å²) in [5, 5.41) is 5.26. The lowest BCUT2D eigenvalue weighted by molar-refractivity contribution is 0.256. The highest BCUT2D eigenvalue weighted by Crippen LogP contribution is 2.04. The van der Waals surface area contributed by atoms with Gasteiger partial charge in [0.05, 0.1) is 5.69 Å². The van der Waals surface area contributed by atoms with Gasteiger partial charge in [-0.15, -0.1) is 0 Å². The molecule has 1 aromatic heterocycles. The first-order chi connectivity index (χ1) is 8.25. The highest BCUT2D eigenvalue weighted by molar-refractivity contribution is 7.80. The van der Waals surface area contributed by atoms with Gasteiger partial charge in [-0.1, -0.05) is 30.4 Å². The molecule has 0 aliphatic heterocycles. The molecule has 0 radical (unpaired) electrons. The number of para-hydroxylation sites is 1. The van der Waals surface area contributed by atoms with Crippen LogP contribution in [0.1, 0.15) is 5.69 Å². The molecule has 17 heavy (non-hydrogen) atoms. The third-order valence-corrected chi connectivity index (χ3v) is 2.42. The van der Waals surface area contributed by atoms with E-state index in [1.165, 1.54) is 0 Å². The van der Waals surface area contributed by atoms with E-state index in [1.54, 1.807) is 24.4 Å². The smallest absolute Gasteiger partial charge is 0.324 e. The maximum Gasteiger partial charge on any atom is 0.324 e. The average molecular weight is 245 g/mol. The molecule has 86 valence electrons. The predicted molar refractivity (Wildman–Crippen MR) is 71.1 cm³/mol. The van der Waals surface area contributed by atoms with Gasteiger partial charge in [0.15, 0.2) is 0 Å². The molecule has 4 nitrogen and oxygen atoms in total. The Balaban J connectivity index is 1.92. The Morgan fingerprint density at radius 2 is 1.88 bits per heavy atom. The summed E-state index contributed by atoms with van der Waals surface area (Å²) < 4.78 is 0. The Morgan fingerprint density at radius 3 is 2.53 bits per heavy atom. The van der Waals surface area contributed by atoms with Crippen molar-refractivity contribution in [3.63, 3.8) is 0 Å². The summed E-state index contributed by atoms with van der Waals surface area (Å²) >= 11 is 5.06. The average Bonchev–Trinajstić information content (AvgIpc) is 2.83. The first kappa shape index (κ1) is 11.3. The molecule has 0 saturated heterocycles. The SMILES string of the molecule is O=C(NC(=S)c1ccc[nH]1)Nc1ccccc1. The Bertz CT molecular complexity index is 508. The zero-order valence-corrected chi connectivity index (χ0v) is 9.75. The number of amides is 2. The van der Waals surface area contributed by atoms with E-state index in [4.69, 9.17) is 12.2 Å². The Hall–Kier alpha value is -2.14. The Morgan fingerprint density at radius 1 is 1.12 bits per heavy atom. The molecule has 2 aromatic rings. The lowest BCUT2D eigenvalue weighted by Gasteiger charge is -2.07. The van der Waals surface area contributed by atoms with Crippen LogP contribution in [0.5, 0.6) is 0 Å². The highest BCUT2D eigenvalue weighted by atomic mass is 32.1. The predicted octanol–water partition coefficient (Wildman–Crippen LogP) is 2.51. The van der Waals surface area contributed by atoms with Gasteiger partial charge >= 0.3 is 6.03 Å². The van der Waals surface area contributed by atoms with Crippen molar-refractivity contribution in [1.29, 1.82) is 0 Å². The molecule has 0 aliphatic rings. The number of hydrogen-bond donors (Lipinski definition) is 3. The number of anilines is 1. The van der Waals surface area contributed by atoms with Gasteiger partial charge in [-0.05, 0) is 24.3 Å². The van der Waals surface area contributed by atoms with Crippen molar-refractivity contribution >= 4 is 28.9 Å². The van der Waals surface area contributed by atoms with Crippen LogP contribution >= 0.6 is 12.2 Å². The molecule has 2 rings (SSSR count). The minimum atomic E-state index is -0.351. The normalized spacial score (nSPS) is 9.65. The largest absolute Gasteiger partial charge is 0.359 e.